The summed E-state index contributed by atoms with van der Waals surface area (Å²) in [5.74, 6) is 0.268. The topological polar surface area (TPSA) is 80.2 Å². The SMILES string of the molecule is CCOc1cc(C=NNc2ccccc2C(=O)O)ccc1OC. The highest BCUT2D eigenvalue weighted by Gasteiger charge is 2.08. The molecule has 0 aromatic heterocycles. The molecular weight excluding hydrogens is 296 g/mol. The number of hydrogen-bond donors (Lipinski definition) is 2. The maximum Gasteiger partial charge on any atom is 0.337 e. The van der Waals surface area contributed by atoms with E-state index in [1.807, 2.05) is 13.0 Å². The molecule has 0 heterocycles. The number of methoxy groups -OCH3 is 1. The average molecular weight is 314 g/mol. The van der Waals surface area contributed by atoms with Gasteiger partial charge in [-0.15, -0.1) is 0 Å². The third kappa shape index (κ3) is 4.23. The molecule has 2 aromatic rings. The Hall–Kier alpha value is -3.02. The zero-order valence-electron chi connectivity index (χ0n) is 12.9. The number of hydrogen-bond acceptors (Lipinski definition) is 5. The van der Waals surface area contributed by atoms with Crippen LogP contribution in [0.1, 0.15) is 22.8 Å². The Morgan fingerprint density at radius 1 is 1.26 bits per heavy atom. The number of carboxylic acid groups (broad SMARTS) is 1. The second-order valence-electron chi connectivity index (χ2n) is 4.56. The lowest BCUT2D eigenvalue weighted by molar-refractivity contribution is 0.0698. The lowest BCUT2D eigenvalue weighted by atomic mass is 10.2. The highest BCUT2D eigenvalue weighted by Crippen LogP contribution is 2.27. The number of ether oxygens (including phenoxy) is 2. The third-order valence-electron chi connectivity index (χ3n) is 3.04. The molecule has 6 nitrogen and oxygen atoms in total. The molecule has 0 aliphatic carbocycles. The molecule has 0 radical (unpaired) electrons. The number of rotatable bonds is 7. The molecule has 0 aliphatic rings. The van der Waals surface area contributed by atoms with Crippen molar-refractivity contribution in [1.82, 2.24) is 0 Å². The fourth-order valence-corrected chi connectivity index (χ4v) is 1.99. The molecule has 2 aromatic carbocycles. The zero-order chi connectivity index (χ0) is 16.7. The van der Waals surface area contributed by atoms with E-state index in [1.54, 1.807) is 43.7 Å². The minimum absolute atomic E-state index is 0.161. The maximum absolute atomic E-state index is 11.1. The van der Waals surface area contributed by atoms with Crippen LogP contribution in [0, 0.1) is 0 Å². The van der Waals surface area contributed by atoms with Crippen molar-refractivity contribution >= 4 is 17.9 Å². The monoisotopic (exact) mass is 314 g/mol. The minimum atomic E-state index is -1.01. The Bertz CT molecular complexity index is 713. The van der Waals surface area contributed by atoms with E-state index < -0.39 is 5.97 Å². The molecule has 0 bridgehead atoms. The lowest BCUT2D eigenvalue weighted by Crippen LogP contribution is -2.02. The first-order valence-corrected chi connectivity index (χ1v) is 7.08. The van der Waals surface area contributed by atoms with Crippen LogP contribution in [0.25, 0.3) is 0 Å². The van der Waals surface area contributed by atoms with Gasteiger partial charge in [-0.2, -0.15) is 5.10 Å². The van der Waals surface area contributed by atoms with E-state index in [9.17, 15) is 4.79 Å². The predicted molar refractivity (Wildman–Crippen MR) is 88.8 cm³/mol. The summed E-state index contributed by atoms with van der Waals surface area (Å²) in [5.41, 5.74) is 4.13. The van der Waals surface area contributed by atoms with Gasteiger partial charge in [0.1, 0.15) is 0 Å². The van der Waals surface area contributed by atoms with Gasteiger partial charge < -0.3 is 14.6 Å². The van der Waals surface area contributed by atoms with Crippen LogP contribution in [0.2, 0.25) is 0 Å². The molecular formula is C17H18N2O4. The van der Waals surface area contributed by atoms with Gasteiger partial charge in [0.15, 0.2) is 11.5 Å². The van der Waals surface area contributed by atoms with E-state index >= 15 is 0 Å². The summed E-state index contributed by atoms with van der Waals surface area (Å²) in [6.45, 7) is 2.42. The number of anilines is 1. The average Bonchev–Trinajstić information content (AvgIpc) is 2.56. The molecule has 0 unspecified atom stereocenters. The van der Waals surface area contributed by atoms with Gasteiger partial charge in [-0.25, -0.2) is 4.79 Å². The first-order valence-electron chi connectivity index (χ1n) is 7.08. The van der Waals surface area contributed by atoms with E-state index in [1.165, 1.54) is 6.07 Å². The maximum atomic E-state index is 11.1. The van der Waals surface area contributed by atoms with Crippen molar-refractivity contribution in [2.45, 2.75) is 6.92 Å². The van der Waals surface area contributed by atoms with Crippen molar-refractivity contribution in [1.29, 1.82) is 0 Å². The van der Waals surface area contributed by atoms with Gasteiger partial charge in [0.2, 0.25) is 0 Å². The fourth-order valence-electron chi connectivity index (χ4n) is 1.99. The van der Waals surface area contributed by atoms with E-state index in [2.05, 4.69) is 10.5 Å². The Morgan fingerprint density at radius 3 is 2.74 bits per heavy atom. The molecule has 0 atom stereocenters. The minimum Gasteiger partial charge on any atom is -0.493 e. The third-order valence-corrected chi connectivity index (χ3v) is 3.04. The molecule has 0 spiro atoms. The number of nitrogens with one attached hydrogen (secondary N) is 1. The zero-order valence-corrected chi connectivity index (χ0v) is 12.9. The van der Waals surface area contributed by atoms with Gasteiger partial charge in [-0.3, -0.25) is 5.43 Å². The Balaban J connectivity index is 2.15. The number of hydrazone groups is 1. The number of benzene rings is 2. The van der Waals surface area contributed by atoms with Gasteiger partial charge in [0, 0.05) is 0 Å². The van der Waals surface area contributed by atoms with Crippen molar-refractivity contribution in [3.63, 3.8) is 0 Å². The van der Waals surface area contributed by atoms with Gasteiger partial charge in [0.25, 0.3) is 0 Å². The van der Waals surface area contributed by atoms with Crippen LogP contribution in [0.3, 0.4) is 0 Å². The van der Waals surface area contributed by atoms with Crippen LogP contribution in [0.15, 0.2) is 47.6 Å². The quantitative estimate of drug-likeness (QED) is 0.606. The molecule has 0 saturated heterocycles. The van der Waals surface area contributed by atoms with Crippen LogP contribution in [0.4, 0.5) is 5.69 Å². The Labute approximate surface area is 134 Å². The standard InChI is InChI=1S/C17H18N2O4/c1-3-23-16-10-12(8-9-15(16)22-2)11-18-19-14-7-5-4-6-13(14)17(20)21/h4-11,19H,3H2,1-2H3,(H,20,21). The summed E-state index contributed by atoms with van der Waals surface area (Å²) in [6.07, 6.45) is 1.58. The molecule has 0 saturated carbocycles. The van der Waals surface area contributed by atoms with Crippen LogP contribution in [-0.2, 0) is 0 Å². The number of para-hydroxylation sites is 1. The van der Waals surface area contributed by atoms with Crippen molar-refractivity contribution < 1.29 is 19.4 Å². The number of aromatic carboxylic acids is 1. The van der Waals surface area contributed by atoms with Gasteiger partial charge >= 0.3 is 5.97 Å². The fraction of sp³-hybridized carbons (Fsp3) is 0.176. The van der Waals surface area contributed by atoms with Crippen LogP contribution in [-0.4, -0.2) is 31.0 Å². The molecule has 0 amide bonds. The van der Waals surface area contributed by atoms with E-state index in [0.29, 0.717) is 23.8 Å². The van der Waals surface area contributed by atoms with Gasteiger partial charge in [0.05, 0.1) is 31.2 Å². The highest BCUT2D eigenvalue weighted by atomic mass is 16.5. The van der Waals surface area contributed by atoms with E-state index in [4.69, 9.17) is 14.6 Å². The predicted octanol–water partition coefficient (Wildman–Crippen LogP) is 3.24. The van der Waals surface area contributed by atoms with E-state index in [-0.39, 0.29) is 5.56 Å². The summed E-state index contributed by atoms with van der Waals surface area (Å²) >= 11 is 0. The van der Waals surface area contributed by atoms with E-state index in [0.717, 1.165) is 5.56 Å². The molecule has 6 heteroatoms. The van der Waals surface area contributed by atoms with Crippen LogP contribution < -0.4 is 14.9 Å². The largest absolute Gasteiger partial charge is 0.493 e. The van der Waals surface area contributed by atoms with Crippen molar-refractivity contribution in [2.24, 2.45) is 5.10 Å². The Morgan fingerprint density at radius 2 is 2.04 bits per heavy atom. The number of carboxylic acids is 1. The molecule has 23 heavy (non-hydrogen) atoms. The summed E-state index contributed by atoms with van der Waals surface area (Å²) in [5, 5.41) is 13.2. The van der Waals surface area contributed by atoms with Crippen molar-refractivity contribution in [2.75, 3.05) is 19.1 Å². The molecule has 120 valence electrons. The van der Waals surface area contributed by atoms with Gasteiger partial charge in [-0.1, -0.05) is 12.1 Å². The first kappa shape index (κ1) is 16.4. The molecule has 2 N–H and O–H groups in total. The first-order chi connectivity index (χ1) is 11.2. The highest BCUT2D eigenvalue weighted by molar-refractivity contribution is 5.94. The second kappa shape index (κ2) is 7.84. The normalized spacial score (nSPS) is 10.5. The summed E-state index contributed by atoms with van der Waals surface area (Å²) in [4.78, 5) is 11.1. The van der Waals surface area contributed by atoms with Crippen molar-refractivity contribution in [3.8, 4) is 11.5 Å². The number of nitrogens with zero attached hydrogens (tertiary/aromatic N) is 1. The number of carbonyl (C=O) groups is 1. The van der Waals surface area contributed by atoms with Gasteiger partial charge in [-0.05, 0) is 42.8 Å². The smallest absolute Gasteiger partial charge is 0.337 e. The summed E-state index contributed by atoms with van der Waals surface area (Å²) < 4.78 is 10.7. The molecule has 0 fully saturated rings. The van der Waals surface area contributed by atoms with Crippen molar-refractivity contribution in [3.05, 3.63) is 53.6 Å². The molecule has 0 aliphatic heterocycles. The molecule has 2 rings (SSSR count). The summed E-state index contributed by atoms with van der Waals surface area (Å²) in [6, 6.07) is 12.0. The van der Waals surface area contributed by atoms with Crippen LogP contribution in [0.5, 0.6) is 11.5 Å². The lowest BCUT2D eigenvalue weighted by Gasteiger charge is -2.09. The Kier molecular flexibility index (Phi) is 5.57. The second-order valence-corrected chi connectivity index (χ2v) is 4.56. The summed E-state index contributed by atoms with van der Waals surface area (Å²) in [7, 11) is 1.58. The van der Waals surface area contributed by atoms with Crippen LogP contribution >= 0.6 is 0 Å².